The Morgan fingerprint density at radius 1 is 1.21 bits per heavy atom. The summed E-state index contributed by atoms with van der Waals surface area (Å²) in [5.41, 5.74) is 0. The molecule has 0 aliphatic carbocycles. The van der Waals surface area contributed by atoms with Crippen LogP contribution in [0, 0.1) is 11.6 Å². The van der Waals surface area contributed by atoms with Crippen LogP contribution in [-0.2, 0) is 4.79 Å². The van der Waals surface area contributed by atoms with Crippen LogP contribution in [0.4, 0.5) is 8.78 Å². The molecule has 1 heterocycles. The zero-order valence-electron chi connectivity index (χ0n) is 12.6. The van der Waals surface area contributed by atoms with Gasteiger partial charge in [0.05, 0.1) is 12.3 Å². The molecule has 0 saturated carbocycles. The Hall–Kier alpha value is -2.28. The highest BCUT2D eigenvalue weighted by Crippen LogP contribution is 2.30. The largest absolute Gasteiger partial charge is 0.486 e. The molecular weight excluding hydrogens is 336 g/mol. The first-order valence-corrected chi connectivity index (χ1v) is 8.33. The zero-order valence-corrected chi connectivity index (χ0v) is 13.4. The van der Waals surface area contributed by atoms with Gasteiger partial charge in [0, 0.05) is 4.90 Å². The Bertz CT molecular complexity index is 742. The van der Waals surface area contributed by atoms with Gasteiger partial charge in [-0.3, -0.25) is 4.79 Å². The molecule has 1 aliphatic heterocycles. The predicted octanol–water partition coefficient (Wildman–Crippen LogP) is 3.01. The van der Waals surface area contributed by atoms with Crippen LogP contribution in [0.1, 0.15) is 0 Å². The summed E-state index contributed by atoms with van der Waals surface area (Å²) in [4.78, 5) is 12.0. The molecule has 2 aromatic carbocycles. The molecule has 0 radical (unpaired) electrons. The number of fused-ring (bicyclic) bond motifs is 1. The van der Waals surface area contributed by atoms with Gasteiger partial charge in [-0.15, -0.1) is 11.8 Å². The molecule has 3 rings (SSSR count). The number of nitrogens with one attached hydrogen (secondary N) is 1. The van der Waals surface area contributed by atoms with Crippen LogP contribution in [0.5, 0.6) is 11.5 Å². The maximum atomic E-state index is 13.5. The molecule has 0 saturated heterocycles. The molecule has 0 unspecified atom stereocenters. The maximum absolute atomic E-state index is 13.5. The topological polar surface area (TPSA) is 47.6 Å². The summed E-state index contributed by atoms with van der Waals surface area (Å²) in [5.74, 6) is -0.0621. The van der Waals surface area contributed by atoms with E-state index in [4.69, 9.17) is 9.47 Å². The summed E-state index contributed by atoms with van der Waals surface area (Å²) in [7, 11) is 0. The number of carbonyl (C=O) groups is 1. The van der Waals surface area contributed by atoms with Gasteiger partial charge in [-0.25, -0.2) is 8.78 Å². The first-order chi connectivity index (χ1) is 11.6. The fourth-order valence-corrected chi connectivity index (χ4v) is 2.96. The van der Waals surface area contributed by atoms with E-state index in [0.717, 1.165) is 30.0 Å². The van der Waals surface area contributed by atoms with Crippen molar-refractivity contribution in [2.24, 2.45) is 0 Å². The lowest BCUT2D eigenvalue weighted by atomic mass is 10.2. The molecule has 1 amide bonds. The normalized spacial score (nSPS) is 15.8. The summed E-state index contributed by atoms with van der Waals surface area (Å²) in [6.07, 6.45) is -0.292. The quantitative estimate of drug-likeness (QED) is 0.842. The van der Waals surface area contributed by atoms with Gasteiger partial charge in [-0.2, -0.15) is 0 Å². The smallest absolute Gasteiger partial charge is 0.230 e. The Kier molecular flexibility index (Phi) is 5.20. The number of para-hydroxylation sites is 2. The number of carbonyl (C=O) groups excluding carboxylic acids is 1. The molecule has 2 aromatic rings. The highest BCUT2D eigenvalue weighted by Gasteiger charge is 2.21. The molecule has 0 aromatic heterocycles. The SMILES string of the molecule is O=C(CSc1cc(F)ccc1F)NC[C@H]1COc2ccccc2O1. The zero-order chi connectivity index (χ0) is 16.9. The average Bonchev–Trinajstić information content (AvgIpc) is 2.60. The van der Waals surface area contributed by atoms with Gasteiger partial charge in [0.15, 0.2) is 11.5 Å². The van der Waals surface area contributed by atoms with Crippen molar-refractivity contribution in [3.63, 3.8) is 0 Å². The van der Waals surface area contributed by atoms with Crippen LogP contribution < -0.4 is 14.8 Å². The van der Waals surface area contributed by atoms with Crippen molar-refractivity contribution < 1.29 is 23.0 Å². The van der Waals surface area contributed by atoms with E-state index in [1.807, 2.05) is 18.2 Å². The standard InChI is InChI=1S/C17H15F2NO3S/c18-11-5-6-13(19)16(7-11)24-10-17(21)20-8-12-9-22-14-3-1-2-4-15(14)23-12/h1-7,12H,8-10H2,(H,20,21)/t12-/m0/s1. The van der Waals surface area contributed by atoms with Gasteiger partial charge in [0.25, 0.3) is 0 Å². The molecule has 126 valence electrons. The van der Waals surface area contributed by atoms with Crippen LogP contribution in [0.15, 0.2) is 47.4 Å². The van der Waals surface area contributed by atoms with E-state index < -0.39 is 11.6 Å². The van der Waals surface area contributed by atoms with E-state index in [1.54, 1.807) is 6.07 Å². The van der Waals surface area contributed by atoms with Crippen LogP contribution in [0.2, 0.25) is 0 Å². The van der Waals surface area contributed by atoms with Crippen molar-refractivity contribution >= 4 is 17.7 Å². The molecule has 24 heavy (non-hydrogen) atoms. The van der Waals surface area contributed by atoms with E-state index >= 15 is 0 Å². The maximum Gasteiger partial charge on any atom is 0.230 e. The van der Waals surface area contributed by atoms with Gasteiger partial charge < -0.3 is 14.8 Å². The third kappa shape index (κ3) is 4.17. The first-order valence-electron chi connectivity index (χ1n) is 7.35. The van der Waals surface area contributed by atoms with Crippen molar-refractivity contribution in [1.29, 1.82) is 0 Å². The third-order valence-corrected chi connectivity index (χ3v) is 4.38. The Morgan fingerprint density at radius 3 is 2.83 bits per heavy atom. The molecule has 0 fully saturated rings. The molecule has 1 atom stereocenters. The Labute approximate surface area is 142 Å². The second-order valence-corrected chi connectivity index (χ2v) is 6.18. The summed E-state index contributed by atoms with van der Waals surface area (Å²) < 4.78 is 37.8. The highest BCUT2D eigenvalue weighted by molar-refractivity contribution is 8.00. The predicted molar refractivity (Wildman–Crippen MR) is 86.4 cm³/mol. The van der Waals surface area contributed by atoms with Crippen molar-refractivity contribution in [3.8, 4) is 11.5 Å². The van der Waals surface area contributed by atoms with Gasteiger partial charge in [-0.05, 0) is 30.3 Å². The van der Waals surface area contributed by atoms with Gasteiger partial charge in [-0.1, -0.05) is 12.1 Å². The lowest BCUT2D eigenvalue weighted by Crippen LogP contribution is -2.41. The average molecular weight is 351 g/mol. The van der Waals surface area contributed by atoms with E-state index in [0.29, 0.717) is 18.1 Å². The molecular formula is C17H15F2NO3S. The van der Waals surface area contributed by atoms with Gasteiger partial charge in [0.2, 0.25) is 5.91 Å². The van der Waals surface area contributed by atoms with Crippen LogP contribution in [-0.4, -0.2) is 30.9 Å². The van der Waals surface area contributed by atoms with Crippen LogP contribution in [0.3, 0.4) is 0 Å². The molecule has 0 spiro atoms. The monoisotopic (exact) mass is 351 g/mol. The third-order valence-electron chi connectivity index (χ3n) is 3.35. The fourth-order valence-electron chi connectivity index (χ4n) is 2.17. The minimum absolute atomic E-state index is 0.00939. The van der Waals surface area contributed by atoms with Crippen molar-refractivity contribution in [1.82, 2.24) is 5.32 Å². The molecule has 1 N–H and O–H groups in total. The lowest BCUT2D eigenvalue weighted by Gasteiger charge is -2.26. The summed E-state index contributed by atoms with van der Waals surface area (Å²) in [6.45, 7) is 0.613. The number of thioether (sulfide) groups is 1. The molecule has 1 aliphatic rings. The van der Waals surface area contributed by atoms with E-state index in [1.165, 1.54) is 0 Å². The summed E-state index contributed by atoms with van der Waals surface area (Å²) in [6, 6.07) is 10.5. The fraction of sp³-hybridized carbons (Fsp3) is 0.235. The minimum atomic E-state index is -0.546. The number of hydrogen-bond acceptors (Lipinski definition) is 4. The lowest BCUT2D eigenvalue weighted by molar-refractivity contribution is -0.119. The second-order valence-electron chi connectivity index (χ2n) is 5.17. The molecule has 7 heteroatoms. The Balaban J connectivity index is 1.46. The van der Waals surface area contributed by atoms with Gasteiger partial charge in [0.1, 0.15) is 24.3 Å². The van der Waals surface area contributed by atoms with Crippen molar-refractivity contribution in [3.05, 3.63) is 54.1 Å². The number of rotatable bonds is 5. The van der Waals surface area contributed by atoms with E-state index in [-0.39, 0.29) is 29.2 Å². The molecule has 4 nitrogen and oxygen atoms in total. The van der Waals surface area contributed by atoms with Crippen LogP contribution >= 0.6 is 11.8 Å². The van der Waals surface area contributed by atoms with Crippen molar-refractivity contribution in [2.45, 2.75) is 11.0 Å². The number of ether oxygens (including phenoxy) is 2. The number of hydrogen-bond donors (Lipinski definition) is 1. The van der Waals surface area contributed by atoms with Gasteiger partial charge >= 0.3 is 0 Å². The summed E-state index contributed by atoms with van der Waals surface area (Å²) >= 11 is 0.945. The number of halogens is 2. The van der Waals surface area contributed by atoms with Crippen molar-refractivity contribution in [2.75, 3.05) is 18.9 Å². The van der Waals surface area contributed by atoms with E-state index in [2.05, 4.69) is 5.32 Å². The minimum Gasteiger partial charge on any atom is -0.486 e. The molecule has 0 bridgehead atoms. The highest BCUT2D eigenvalue weighted by atomic mass is 32.2. The first kappa shape index (κ1) is 16.6. The van der Waals surface area contributed by atoms with Crippen LogP contribution in [0.25, 0.3) is 0 Å². The summed E-state index contributed by atoms with van der Waals surface area (Å²) in [5, 5.41) is 2.71. The second kappa shape index (κ2) is 7.53. The van der Waals surface area contributed by atoms with E-state index in [9.17, 15) is 13.6 Å². The number of amides is 1. The number of benzene rings is 2. The Morgan fingerprint density at radius 2 is 2.00 bits per heavy atom.